The van der Waals surface area contributed by atoms with E-state index in [-0.39, 0.29) is 17.6 Å². The van der Waals surface area contributed by atoms with E-state index in [4.69, 9.17) is 9.84 Å². The Morgan fingerprint density at radius 2 is 2.03 bits per heavy atom. The van der Waals surface area contributed by atoms with Gasteiger partial charge in [0, 0.05) is 37.0 Å². The van der Waals surface area contributed by atoms with Crippen molar-refractivity contribution in [2.24, 2.45) is 7.05 Å². The van der Waals surface area contributed by atoms with Crippen molar-refractivity contribution in [3.63, 3.8) is 0 Å². The topological polar surface area (TPSA) is 86.9 Å². The number of pyridine rings is 1. The Morgan fingerprint density at radius 3 is 2.73 bits per heavy atom. The third kappa shape index (κ3) is 4.22. The lowest BCUT2D eigenvalue weighted by Gasteiger charge is -2.22. The number of hydrogen-bond acceptors (Lipinski definition) is 6. The minimum Gasteiger partial charge on any atom is -0.465 e. The SMILES string of the molecule is Cn1ccc(-c2ccnc(Nc3cc([C@H]4CC[C@@H](OC=O)C4)nn3C(C)(C)C)c2)n1. The smallest absolute Gasteiger partial charge is 0.293 e. The first-order valence-corrected chi connectivity index (χ1v) is 10.3. The molecule has 8 heteroatoms. The molecule has 0 bridgehead atoms. The van der Waals surface area contributed by atoms with Crippen molar-refractivity contribution in [3.05, 3.63) is 42.4 Å². The number of carbonyl (C=O) groups is 1. The first-order valence-electron chi connectivity index (χ1n) is 10.3. The molecule has 158 valence electrons. The predicted octanol–water partition coefficient (Wildman–Crippen LogP) is 3.99. The summed E-state index contributed by atoms with van der Waals surface area (Å²) < 4.78 is 8.95. The fraction of sp³-hybridized carbons (Fsp3) is 0.455. The molecule has 0 saturated heterocycles. The summed E-state index contributed by atoms with van der Waals surface area (Å²) >= 11 is 0. The molecule has 2 atom stereocenters. The maximum absolute atomic E-state index is 10.7. The normalized spacial score (nSPS) is 19.1. The van der Waals surface area contributed by atoms with Crippen molar-refractivity contribution in [1.82, 2.24) is 24.5 Å². The van der Waals surface area contributed by atoms with Gasteiger partial charge in [0.25, 0.3) is 6.47 Å². The molecule has 0 aromatic carbocycles. The van der Waals surface area contributed by atoms with Gasteiger partial charge in [-0.3, -0.25) is 9.48 Å². The predicted molar refractivity (Wildman–Crippen MR) is 114 cm³/mol. The fourth-order valence-corrected chi connectivity index (χ4v) is 3.97. The Labute approximate surface area is 176 Å². The summed E-state index contributed by atoms with van der Waals surface area (Å²) in [6.07, 6.45) is 6.35. The molecule has 3 heterocycles. The monoisotopic (exact) mass is 408 g/mol. The minimum atomic E-state index is -0.198. The van der Waals surface area contributed by atoms with Crippen LogP contribution in [0.3, 0.4) is 0 Å². The zero-order chi connectivity index (χ0) is 21.3. The third-order valence-corrected chi connectivity index (χ3v) is 5.44. The molecule has 0 aliphatic heterocycles. The molecule has 1 N–H and O–H groups in total. The van der Waals surface area contributed by atoms with E-state index in [1.807, 2.05) is 36.1 Å². The highest BCUT2D eigenvalue weighted by Crippen LogP contribution is 2.37. The first-order chi connectivity index (χ1) is 14.3. The second-order valence-electron chi connectivity index (χ2n) is 8.83. The van der Waals surface area contributed by atoms with Crippen molar-refractivity contribution in [1.29, 1.82) is 0 Å². The van der Waals surface area contributed by atoms with E-state index in [2.05, 4.69) is 42.2 Å². The Balaban J connectivity index is 1.61. The molecular formula is C22H28N6O2. The molecule has 1 aliphatic carbocycles. The number of nitrogens with zero attached hydrogens (tertiary/aromatic N) is 5. The maximum atomic E-state index is 10.7. The molecule has 8 nitrogen and oxygen atoms in total. The van der Waals surface area contributed by atoms with Gasteiger partial charge in [-0.25, -0.2) is 9.67 Å². The average Bonchev–Trinajstić information content (AvgIpc) is 3.41. The summed E-state index contributed by atoms with van der Waals surface area (Å²) in [5.41, 5.74) is 2.72. The van der Waals surface area contributed by atoms with E-state index < -0.39 is 0 Å². The molecule has 0 amide bonds. The largest absolute Gasteiger partial charge is 0.465 e. The highest BCUT2D eigenvalue weighted by molar-refractivity contribution is 5.65. The van der Waals surface area contributed by atoms with Crippen LogP contribution in [0.1, 0.15) is 51.6 Å². The number of ether oxygens (including phenoxy) is 1. The molecule has 4 rings (SSSR count). The first kappa shape index (κ1) is 20.1. The van der Waals surface area contributed by atoms with Gasteiger partial charge in [-0.05, 0) is 58.2 Å². The molecule has 0 spiro atoms. The van der Waals surface area contributed by atoms with Gasteiger partial charge in [0.2, 0.25) is 0 Å². The van der Waals surface area contributed by atoms with Crippen molar-refractivity contribution in [2.45, 2.75) is 57.6 Å². The number of carbonyl (C=O) groups excluding carboxylic acids is 1. The van der Waals surface area contributed by atoms with Crippen LogP contribution in [0.5, 0.6) is 0 Å². The molecule has 1 saturated carbocycles. The molecular weight excluding hydrogens is 380 g/mol. The summed E-state index contributed by atoms with van der Waals surface area (Å²) in [7, 11) is 1.90. The van der Waals surface area contributed by atoms with Gasteiger partial charge in [0.1, 0.15) is 17.7 Å². The van der Waals surface area contributed by atoms with Gasteiger partial charge in [-0.15, -0.1) is 0 Å². The zero-order valence-electron chi connectivity index (χ0n) is 17.9. The van der Waals surface area contributed by atoms with E-state index in [1.54, 1.807) is 10.9 Å². The van der Waals surface area contributed by atoms with Gasteiger partial charge < -0.3 is 10.1 Å². The lowest BCUT2D eigenvalue weighted by molar-refractivity contribution is -0.133. The van der Waals surface area contributed by atoms with Crippen molar-refractivity contribution < 1.29 is 9.53 Å². The molecule has 1 fully saturated rings. The Morgan fingerprint density at radius 1 is 1.20 bits per heavy atom. The fourth-order valence-electron chi connectivity index (χ4n) is 3.97. The van der Waals surface area contributed by atoms with E-state index in [0.29, 0.717) is 6.47 Å². The minimum absolute atomic E-state index is 0.0135. The van der Waals surface area contributed by atoms with E-state index in [0.717, 1.165) is 47.8 Å². The van der Waals surface area contributed by atoms with E-state index in [9.17, 15) is 4.79 Å². The average molecular weight is 409 g/mol. The zero-order valence-corrected chi connectivity index (χ0v) is 17.9. The Bertz CT molecular complexity index is 1030. The van der Waals surface area contributed by atoms with Crippen LogP contribution in [0.2, 0.25) is 0 Å². The molecule has 1 aliphatic rings. The molecule has 3 aromatic heterocycles. The van der Waals surface area contributed by atoms with Gasteiger partial charge in [0.05, 0.1) is 16.9 Å². The quantitative estimate of drug-likeness (QED) is 0.621. The number of nitrogens with one attached hydrogen (secondary N) is 1. The standard InChI is InChI=1S/C22H28N6O2/c1-22(2,3)28-21(13-19(26-28)15-5-6-17(11-15)30-14-29)24-20-12-16(7-9-23-20)18-8-10-27(4)25-18/h7-10,12-15,17H,5-6,11H2,1-4H3,(H,23,24)/t15-,17+/m0/s1. The van der Waals surface area contributed by atoms with E-state index >= 15 is 0 Å². The van der Waals surface area contributed by atoms with Crippen LogP contribution in [0.4, 0.5) is 11.6 Å². The summed E-state index contributed by atoms with van der Waals surface area (Å²) in [6.45, 7) is 6.92. The summed E-state index contributed by atoms with van der Waals surface area (Å²) in [6, 6.07) is 8.01. The summed E-state index contributed by atoms with van der Waals surface area (Å²) in [4.78, 5) is 15.2. The van der Waals surface area contributed by atoms with Crippen LogP contribution >= 0.6 is 0 Å². The number of aromatic nitrogens is 5. The second-order valence-corrected chi connectivity index (χ2v) is 8.83. The van der Waals surface area contributed by atoms with Crippen LogP contribution in [0.15, 0.2) is 36.7 Å². The lowest BCUT2D eigenvalue weighted by atomic mass is 10.0. The van der Waals surface area contributed by atoms with Crippen LogP contribution < -0.4 is 5.32 Å². The number of anilines is 2. The lowest BCUT2D eigenvalue weighted by Crippen LogP contribution is -2.25. The summed E-state index contributed by atoms with van der Waals surface area (Å²) in [5, 5.41) is 12.8. The molecule has 0 radical (unpaired) electrons. The van der Waals surface area contributed by atoms with Gasteiger partial charge in [0.15, 0.2) is 0 Å². The second kappa shape index (κ2) is 7.93. The van der Waals surface area contributed by atoms with Crippen LogP contribution in [-0.2, 0) is 22.1 Å². The van der Waals surface area contributed by atoms with Crippen molar-refractivity contribution in [2.75, 3.05) is 5.32 Å². The van der Waals surface area contributed by atoms with E-state index in [1.165, 1.54) is 0 Å². The Kier molecular flexibility index (Phi) is 5.32. The highest BCUT2D eigenvalue weighted by atomic mass is 16.5. The molecule has 3 aromatic rings. The van der Waals surface area contributed by atoms with Crippen molar-refractivity contribution in [3.8, 4) is 11.3 Å². The highest BCUT2D eigenvalue weighted by Gasteiger charge is 2.31. The number of hydrogen-bond donors (Lipinski definition) is 1. The van der Waals surface area contributed by atoms with Crippen molar-refractivity contribution >= 4 is 18.1 Å². The maximum Gasteiger partial charge on any atom is 0.293 e. The summed E-state index contributed by atoms with van der Waals surface area (Å²) in [5.74, 6) is 1.92. The van der Waals surface area contributed by atoms with Crippen LogP contribution in [0.25, 0.3) is 11.3 Å². The molecule has 0 unspecified atom stereocenters. The Hall–Kier alpha value is -3.16. The van der Waals surface area contributed by atoms with Gasteiger partial charge in [-0.1, -0.05) is 0 Å². The van der Waals surface area contributed by atoms with Gasteiger partial charge in [-0.2, -0.15) is 10.2 Å². The van der Waals surface area contributed by atoms with Gasteiger partial charge >= 0.3 is 0 Å². The number of aryl methyl sites for hydroxylation is 1. The van der Waals surface area contributed by atoms with Crippen LogP contribution in [0, 0.1) is 0 Å². The number of rotatable bonds is 6. The molecule has 30 heavy (non-hydrogen) atoms. The van der Waals surface area contributed by atoms with Crippen LogP contribution in [-0.4, -0.2) is 37.1 Å². The third-order valence-electron chi connectivity index (χ3n) is 5.44.